The van der Waals surface area contributed by atoms with E-state index in [-0.39, 0.29) is 34.9 Å². The first-order valence-corrected chi connectivity index (χ1v) is 8.79. The van der Waals surface area contributed by atoms with E-state index in [4.69, 9.17) is 0 Å². The SMILES string of the molecule is CC(C)C(=O)N1CCC(NC(=O)c2cc(C(C)(C)C)[nH]c(=O)n2)CC1. The topological polar surface area (TPSA) is 95.2 Å². The van der Waals surface area contributed by atoms with Gasteiger partial charge >= 0.3 is 5.69 Å². The highest BCUT2D eigenvalue weighted by atomic mass is 16.2. The minimum absolute atomic E-state index is 0.0112. The maximum absolute atomic E-state index is 12.5. The zero-order valence-corrected chi connectivity index (χ0v) is 15.7. The minimum atomic E-state index is -0.519. The number of nitrogens with zero attached hydrogens (tertiary/aromatic N) is 2. The molecule has 0 unspecified atom stereocenters. The van der Waals surface area contributed by atoms with Crippen LogP contribution in [0.5, 0.6) is 0 Å². The smallest absolute Gasteiger partial charge is 0.345 e. The Hall–Kier alpha value is -2.18. The van der Waals surface area contributed by atoms with Crippen molar-refractivity contribution in [1.82, 2.24) is 20.2 Å². The molecular formula is C18H28N4O3. The summed E-state index contributed by atoms with van der Waals surface area (Å²) in [7, 11) is 0. The van der Waals surface area contributed by atoms with E-state index in [1.54, 1.807) is 6.07 Å². The van der Waals surface area contributed by atoms with Crippen LogP contribution in [0.4, 0.5) is 0 Å². The quantitative estimate of drug-likeness (QED) is 0.864. The summed E-state index contributed by atoms with van der Waals surface area (Å²) >= 11 is 0. The van der Waals surface area contributed by atoms with Crippen LogP contribution >= 0.6 is 0 Å². The molecule has 7 heteroatoms. The molecule has 1 aliphatic rings. The zero-order valence-electron chi connectivity index (χ0n) is 15.7. The first-order valence-electron chi connectivity index (χ1n) is 8.79. The lowest BCUT2D eigenvalue weighted by Gasteiger charge is -2.33. The molecule has 0 atom stereocenters. The second-order valence-electron chi connectivity index (χ2n) is 7.96. The van der Waals surface area contributed by atoms with Gasteiger partial charge in [-0.05, 0) is 18.9 Å². The predicted octanol–water partition coefficient (Wildman–Crippen LogP) is 1.44. The molecular weight excluding hydrogens is 320 g/mol. The van der Waals surface area contributed by atoms with Gasteiger partial charge in [-0.1, -0.05) is 34.6 Å². The molecule has 1 saturated heterocycles. The summed E-state index contributed by atoms with van der Waals surface area (Å²) in [4.78, 5) is 44.5. The Balaban J connectivity index is 2.01. The van der Waals surface area contributed by atoms with Gasteiger partial charge in [-0.3, -0.25) is 9.59 Å². The second kappa shape index (κ2) is 7.37. The summed E-state index contributed by atoms with van der Waals surface area (Å²) < 4.78 is 0. The number of nitrogens with one attached hydrogen (secondary N) is 2. The van der Waals surface area contributed by atoms with Gasteiger partial charge in [0.05, 0.1) is 0 Å². The summed E-state index contributed by atoms with van der Waals surface area (Å²) in [5.74, 6) is -0.205. The Morgan fingerprint density at radius 3 is 2.40 bits per heavy atom. The van der Waals surface area contributed by atoms with Gasteiger partial charge in [-0.25, -0.2) is 4.79 Å². The van der Waals surface area contributed by atoms with Crippen molar-refractivity contribution in [2.45, 2.75) is 58.9 Å². The van der Waals surface area contributed by atoms with Crippen molar-refractivity contribution in [2.75, 3.05) is 13.1 Å². The average Bonchev–Trinajstić information content (AvgIpc) is 2.53. The molecule has 0 bridgehead atoms. The summed E-state index contributed by atoms with van der Waals surface area (Å²) in [6.45, 7) is 10.9. The molecule has 1 aromatic heterocycles. The molecule has 1 aliphatic heterocycles. The number of amides is 2. The number of carbonyl (C=O) groups excluding carboxylic acids is 2. The Labute approximate surface area is 148 Å². The van der Waals surface area contributed by atoms with Crippen LogP contribution in [0.15, 0.2) is 10.9 Å². The molecule has 25 heavy (non-hydrogen) atoms. The highest BCUT2D eigenvalue weighted by Crippen LogP contribution is 2.19. The maximum Gasteiger partial charge on any atom is 0.345 e. The second-order valence-corrected chi connectivity index (χ2v) is 7.96. The fraction of sp³-hybridized carbons (Fsp3) is 0.667. The van der Waals surface area contributed by atoms with Crippen LogP contribution in [0.3, 0.4) is 0 Å². The first-order chi connectivity index (χ1) is 11.6. The lowest BCUT2D eigenvalue weighted by molar-refractivity contribution is -0.135. The van der Waals surface area contributed by atoms with Crippen molar-refractivity contribution in [2.24, 2.45) is 5.92 Å². The standard InChI is InChI=1S/C18H28N4O3/c1-11(2)16(24)22-8-6-12(7-9-22)19-15(23)13-10-14(18(3,4)5)21-17(25)20-13/h10-12H,6-9H2,1-5H3,(H,19,23)(H,20,21,25). The van der Waals surface area contributed by atoms with Crippen LogP contribution < -0.4 is 11.0 Å². The molecule has 0 aliphatic carbocycles. The van der Waals surface area contributed by atoms with Gasteiger partial charge in [0.25, 0.3) is 5.91 Å². The van der Waals surface area contributed by atoms with Gasteiger partial charge in [-0.15, -0.1) is 0 Å². The summed E-state index contributed by atoms with van der Waals surface area (Å²) in [6, 6.07) is 1.62. The van der Waals surface area contributed by atoms with Gasteiger partial charge in [-0.2, -0.15) is 4.98 Å². The number of aromatic nitrogens is 2. The van der Waals surface area contributed by atoms with Crippen LogP contribution in [0, 0.1) is 5.92 Å². The lowest BCUT2D eigenvalue weighted by atomic mass is 9.91. The third kappa shape index (κ3) is 4.90. The van der Waals surface area contributed by atoms with Crippen molar-refractivity contribution in [1.29, 1.82) is 0 Å². The fourth-order valence-corrected chi connectivity index (χ4v) is 2.85. The molecule has 1 aromatic rings. The number of carbonyl (C=O) groups is 2. The number of hydrogen-bond acceptors (Lipinski definition) is 4. The van der Waals surface area contributed by atoms with Crippen molar-refractivity contribution < 1.29 is 9.59 Å². The molecule has 0 radical (unpaired) electrons. The molecule has 138 valence electrons. The van der Waals surface area contributed by atoms with Crippen molar-refractivity contribution in [3.8, 4) is 0 Å². The van der Waals surface area contributed by atoms with Crippen molar-refractivity contribution in [3.63, 3.8) is 0 Å². The molecule has 2 rings (SSSR count). The normalized spacial score (nSPS) is 16.2. The number of piperidine rings is 1. The fourth-order valence-electron chi connectivity index (χ4n) is 2.85. The third-order valence-electron chi connectivity index (χ3n) is 4.42. The van der Waals surface area contributed by atoms with Crippen LogP contribution in [-0.2, 0) is 10.2 Å². The first kappa shape index (κ1) is 19.1. The van der Waals surface area contributed by atoms with Crippen molar-refractivity contribution in [3.05, 3.63) is 27.9 Å². The van der Waals surface area contributed by atoms with E-state index in [1.807, 2.05) is 39.5 Å². The summed E-state index contributed by atoms with van der Waals surface area (Å²) in [5, 5.41) is 2.94. The van der Waals surface area contributed by atoms with Gasteiger partial charge < -0.3 is 15.2 Å². The van der Waals surface area contributed by atoms with Gasteiger partial charge in [0.1, 0.15) is 5.69 Å². The van der Waals surface area contributed by atoms with Gasteiger partial charge in [0.2, 0.25) is 5.91 Å². The number of aromatic amines is 1. The van der Waals surface area contributed by atoms with Crippen LogP contribution in [0.25, 0.3) is 0 Å². The number of hydrogen-bond donors (Lipinski definition) is 2. The summed E-state index contributed by atoms with van der Waals surface area (Å²) in [6.07, 6.45) is 1.42. The number of rotatable bonds is 3. The molecule has 0 saturated carbocycles. The van der Waals surface area contributed by atoms with Crippen LogP contribution in [0.2, 0.25) is 0 Å². The molecule has 0 aromatic carbocycles. The van der Waals surface area contributed by atoms with E-state index in [2.05, 4.69) is 15.3 Å². The molecule has 7 nitrogen and oxygen atoms in total. The molecule has 2 amide bonds. The molecule has 1 fully saturated rings. The average molecular weight is 348 g/mol. The minimum Gasteiger partial charge on any atom is -0.348 e. The van der Waals surface area contributed by atoms with Crippen LogP contribution in [0.1, 0.15) is 63.6 Å². The van der Waals surface area contributed by atoms with E-state index in [9.17, 15) is 14.4 Å². The lowest BCUT2D eigenvalue weighted by Crippen LogP contribution is -2.47. The van der Waals surface area contributed by atoms with E-state index in [0.717, 1.165) is 0 Å². The molecule has 2 heterocycles. The van der Waals surface area contributed by atoms with E-state index in [1.165, 1.54) is 0 Å². The van der Waals surface area contributed by atoms with Crippen molar-refractivity contribution >= 4 is 11.8 Å². The largest absolute Gasteiger partial charge is 0.348 e. The zero-order chi connectivity index (χ0) is 18.8. The third-order valence-corrected chi connectivity index (χ3v) is 4.42. The van der Waals surface area contributed by atoms with Gasteiger partial charge in [0.15, 0.2) is 0 Å². The highest BCUT2D eigenvalue weighted by molar-refractivity contribution is 5.92. The molecule has 0 spiro atoms. The highest BCUT2D eigenvalue weighted by Gasteiger charge is 2.26. The summed E-state index contributed by atoms with van der Waals surface area (Å²) in [5.41, 5.74) is 0.0129. The Morgan fingerprint density at radius 1 is 1.28 bits per heavy atom. The van der Waals surface area contributed by atoms with E-state index < -0.39 is 5.69 Å². The monoisotopic (exact) mass is 348 g/mol. The number of H-pyrrole nitrogens is 1. The Kier molecular flexibility index (Phi) is 5.65. The van der Waals surface area contributed by atoms with Crippen LogP contribution in [-0.4, -0.2) is 45.8 Å². The Morgan fingerprint density at radius 2 is 1.88 bits per heavy atom. The van der Waals surface area contributed by atoms with Gasteiger partial charge in [0, 0.05) is 36.2 Å². The Bertz CT molecular complexity index is 695. The predicted molar refractivity (Wildman–Crippen MR) is 95.5 cm³/mol. The maximum atomic E-state index is 12.5. The van der Waals surface area contributed by atoms with E-state index in [0.29, 0.717) is 31.6 Å². The van der Waals surface area contributed by atoms with E-state index >= 15 is 0 Å². The number of likely N-dealkylation sites (tertiary alicyclic amines) is 1. The molecule has 2 N–H and O–H groups in total.